The highest BCUT2D eigenvalue weighted by atomic mass is 16.5. The van der Waals surface area contributed by atoms with Gasteiger partial charge in [0.15, 0.2) is 0 Å². The van der Waals surface area contributed by atoms with Gasteiger partial charge in [0.2, 0.25) is 0 Å². The first kappa shape index (κ1) is 14.7. The van der Waals surface area contributed by atoms with Crippen molar-refractivity contribution in [1.82, 2.24) is 10.3 Å². The Labute approximate surface area is 118 Å². The molecule has 3 N–H and O–H groups in total. The van der Waals surface area contributed by atoms with Gasteiger partial charge in [-0.15, -0.1) is 0 Å². The summed E-state index contributed by atoms with van der Waals surface area (Å²) in [7, 11) is 0. The van der Waals surface area contributed by atoms with E-state index in [0.717, 1.165) is 5.56 Å². The second-order valence-corrected chi connectivity index (χ2v) is 5.14. The molecule has 0 aliphatic heterocycles. The number of amides is 2. The van der Waals surface area contributed by atoms with Crippen molar-refractivity contribution in [2.24, 2.45) is 5.92 Å². The van der Waals surface area contributed by atoms with Gasteiger partial charge in [0.25, 0.3) is 0 Å². The number of aromatic nitrogens is 1. The fraction of sp³-hybridized carbons (Fsp3) is 0.571. The highest BCUT2D eigenvalue weighted by Gasteiger charge is 2.21. The molecule has 1 aliphatic rings. The predicted octanol–water partition coefficient (Wildman–Crippen LogP) is 1.30. The van der Waals surface area contributed by atoms with Crippen molar-refractivity contribution in [2.45, 2.75) is 25.9 Å². The maximum atomic E-state index is 11.6. The fourth-order valence-corrected chi connectivity index (χ4v) is 1.69. The van der Waals surface area contributed by atoms with Crippen LogP contribution in [0, 0.1) is 12.8 Å². The smallest absolute Gasteiger partial charge is 0.320 e. The van der Waals surface area contributed by atoms with Crippen LogP contribution in [-0.4, -0.2) is 42.0 Å². The Kier molecular flexibility index (Phi) is 5.31. The largest absolute Gasteiger partial charge is 0.389 e. The van der Waals surface area contributed by atoms with Gasteiger partial charge in [-0.3, -0.25) is 5.32 Å². The number of aliphatic hydroxyl groups excluding tert-OH is 1. The number of carbonyl (C=O) groups is 1. The summed E-state index contributed by atoms with van der Waals surface area (Å²) < 4.78 is 5.35. The predicted molar refractivity (Wildman–Crippen MR) is 75.5 cm³/mol. The molecule has 0 saturated heterocycles. The van der Waals surface area contributed by atoms with Crippen molar-refractivity contribution >= 4 is 11.8 Å². The van der Waals surface area contributed by atoms with E-state index in [1.54, 1.807) is 12.3 Å². The third kappa shape index (κ3) is 5.14. The second-order valence-electron chi connectivity index (χ2n) is 5.14. The molecular formula is C14H21N3O3. The number of aliphatic hydroxyl groups is 1. The quantitative estimate of drug-likeness (QED) is 0.702. The molecule has 1 atom stereocenters. The van der Waals surface area contributed by atoms with Crippen LogP contribution in [-0.2, 0) is 4.74 Å². The summed E-state index contributed by atoms with van der Waals surface area (Å²) in [6, 6.07) is 3.29. The van der Waals surface area contributed by atoms with Gasteiger partial charge in [0.05, 0.1) is 12.7 Å². The van der Waals surface area contributed by atoms with Crippen LogP contribution in [0.1, 0.15) is 18.4 Å². The summed E-state index contributed by atoms with van der Waals surface area (Å²) in [5, 5.41) is 14.9. The Morgan fingerprint density at radius 3 is 3.10 bits per heavy atom. The molecule has 1 aromatic heterocycles. The van der Waals surface area contributed by atoms with E-state index in [-0.39, 0.29) is 19.2 Å². The van der Waals surface area contributed by atoms with Crippen LogP contribution in [0.15, 0.2) is 18.3 Å². The summed E-state index contributed by atoms with van der Waals surface area (Å²) in [4.78, 5) is 15.7. The van der Waals surface area contributed by atoms with Gasteiger partial charge in [0.1, 0.15) is 5.82 Å². The van der Waals surface area contributed by atoms with E-state index in [4.69, 9.17) is 4.74 Å². The van der Waals surface area contributed by atoms with Crippen molar-refractivity contribution < 1.29 is 14.6 Å². The number of anilines is 1. The van der Waals surface area contributed by atoms with Gasteiger partial charge < -0.3 is 15.2 Å². The molecule has 1 fully saturated rings. The molecule has 110 valence electrons. The Hall–Kier alpha value is -1.66. The van der Waals surface area contributed by atoms with E-state index in [1.165, 1.54) is 12.8 Å². The maximum absolute atomic E-state index is 11.6. The second kappa shape index (κ2) is 7.21. The minimum absolute atomic E-state index is 0.155. The number of nitrogens with one attached hydrogen (secondary N) is 2. The highest BCUT2D eigenvalue weighted by Crippen LogP contribution is 2.28. The Balaban J connectivity index is 1.62. The average molecular weight is 279 g/mol. The van der Waals surface area contributed by atoms with Gasteiger partial charge in [-0.1, -0.05) is 6.07 Å². The van der Waals surface area contributed by atoms with Crippen LogP contribution in [0.5, 0.6) is 0 Å². The molecule has 0 aromatic carbocycles. The summed E-state index contributed by atoms with van der Waals surface area (Å²) >= 11 is 0. The molecular weight excluding hydrogens is 258 g/mol. The highest BCUT2D eigenvalue weighted by molar-refractivity contribution is 5.88. The molecule has 2 rings (SSSR count). The monoisotopic (exact) mass is 279 g/mol. The van der Waals surface area contributed by atoms with E-state index in [1.807, 2.05) is 13.0 Å². The van der Waals surface area contributed by atoms with Crippen molar-refractivity contribution in [3.8, 4) is 0 Å². The zero-order valence-electron chi connectivity index (χ0n) is 11.6. The van der Waals surface area contributed by atoms with Gasteiger partial charge in [-0.25, -0.2) is 9.78 Å². The Morgan fingerprint density at radius 1 is 1.60 bits per heavy atom. The number of rotatable bonds is 7. The average Bonchev–Trinajstić information content (AvgIpc) is 3.23. The number of aryl methyl sites for hydroxylation is 1. The van der Waals surface area contributed by atoms with E-state index in [0.29, 0.717) is 18.3 Å². The SMILES string of the molecule is Cc1cccnc1NC(=O)NC[C@@H](O)COCC1CC1. The summed E-state index contributed by atoms with van der Waals surface area (Å²) in [5.41, 5.74) is 0.885. The number of hydrogen-bond donors (Lipinski definition) is 3. The zero-order valence-corrected chi connectivity index (χ0v) is 11.6. The lowest BCUT2D eigenvalue weighted by atomic mass is 10.3. The molecule has 1 aliphatic carbocycles. The van der Waals surface area contributed by atoms with Gasteiger partial charge >= 0.3 is 6.03 Å². The summed E-state index contributed by atoms with van der Waals surface area (Å²) in [6.45, 7) is 2.97. The van der Waals surface area contributed by atoms with Crippen molar-refractivity contribution in [3.05, 3.63) is 23.9 Å². The number of ether oxygens (including phenoxy) is 1. The van der Waals surface area contributed by atoms with Crippen LogP contribution in [0.25, 0.3) is 0 Å². The number of carbonyl (C=O) groups excluding carboxylic acids is 1. The lowest BCUT2D eigenvalue weighted by Gasteiger charge is -2.13. The minimum atomic E-state index is -0.690. The standard InChI is InChI=1S/C14H21N3O3/c1-10-3-2-6-15-13(10)17-14(19)16-7-12(18)9-20-8-11-4-5-11/h2-3,6,11-12,18H,4-5,7-9H2,1H3,(H2,15,16,17,19)/t12-/m1/s1. The van der Waals surface area contributed by atoms with E-state index in [9.17, 15) is 9.90 Å². The van der Waals surface area contributed by atoms with Crippen LogP contribution >= 0.6 is 0 Å². The molecule has 0 spiro atoms. The first-order valence-corrected chi connectivity index (χ1v) is 6.87. The van der Waals surface area contributed by atoms with Crippen molar-refractivity contribution in [1.29, 1.82) is 0 Å². The van der Waals surface area contributed by atoms with E-state index in [2.05, 4.69) is 15.6 Å². The summed E-state index contributed by atoms with van der Waals surface area (Å²) in [5.74, 6) is 1.19. The lowest BCUT2D eigenvalue weighted by molar-refractivity contribution is 0.0339. The van der Waals surface area contributed by atoms with Crippen LogP contribution in [0.4, 0.5) is 10.6 Å². The fourth-order valence-electron chi connectivity index (χ4n) is 1.69. The van der Waals surface area contributed by atoms with Gasteiger partial charge in [0, 0.05) is 19.3 Å². The zero-order chi connectivity index (χ0) is 14.4. The molecule has 1 saturated carbocycles. The lowest BCUT2D eigenvalue weighted by Crippen LogP contribution is -2.37. The molecule has 0 bridgehead atoms. The molecule has 1 heterocycles. The number of pyridine rings is 1. The molecule has 0 unspecified atom stereocenters. The molecule has 0 radical (unpaired) electrons. The minimum Gasteiger partial charge on any atom is -0.389 e. The van der Waals surface area contributed by atoms with E-state index >= 15 is 0 Å². The summed E-state index contributed by atoms with van der Waals surface area (Å²) in [6.07, 6.45) is 3.37. The third-order valence-corrected chi connectivity index (χ3v) is 3.10. The number of nitrogens with zero attached hydrogens (tertiary/aromatic N) is 1. The molecule has 6 heteroatoms. The van der Waals surface area contributed by atoms with Crippen LogP contribution in [0.3, 0.4) is 0 Å². The van der Waals surface area contributed by atoms with E-state index < -0.39 is 6.10 Å². The number of urea groups is 1. The number of hydrogen-bond acceptors (Lipinski definition) is 4. The maximum Gasteiger partial charge on any atom is 0.320 e. The van der Waals surface area contributed by atoms with Crippen molar-refractivity contribution in [3.63, 3.8) is 0 Å². The van der Waals surface area contributed by atoms with Gasteiger partial charge in [-0.05, 0) is 37.3 Å². The third-order valence-electron chi connectivity index (χ3n) is 3.10. The molecule has 6 nitrogen and oxygen atoms in total. The molecule has 1 aromatic rings. The van der Waals surface area contributed by atoms with Crippen LogP contribution in [0.2, 0.25) is 0 Å². The first-order chi connectivity index (χ1) is 9.65. The molecule has 2 amide bonds. The first-order valence-electron chi connectivity index (χ1n) is 6.87. The van der Waals surface area contributed by atoms with Gasteiger partial charge in [-0.2, -0.15) is 0 Å². The normalized spacial score (nSPS) is 15.7. The molecule has 20 heavy (non-hydrogen) atoms. The van der Waals surface area contributed by atoms with Crippen molar-refractivity contribution in [2.75, 3.05) is 25.1 Å². The van der Waals surface area contributed by atoms with Crippen LogP contribution < -0.4 is 10.6 Å². The topological polar surface area (TPSA) is 83.5 Å². The Bertz CT molecular complexity index is 449. The Morgan fingerprint density at radius 2 is 2.40 bits per heavy atom.